The van der Waals surface area contributed by atoms with Crippen LogP contribution in [0.3, 0.4) is 0 Å². The number of benzene rings is 3. The Labute approximate surface area is 200 Å². The number of aromatic nitrogens is 2. The molecule has 1 atom stereocenters. The lowest BCUT2D eigenvalue weighted by atomic mass is 10.0. The molecule has 1 aromatic heterocycles. The number of imidazole rings is 1. The van der Waals surface area contributed by atoms with Gasteiger partial charge in [-0.3, -0.25) is 4.79 Å². The molecule has 3 aromatic carbocycles. The van der Waals surface area contributed by atoms with Crippen molar-refractivity contribution in [3.05, 3.63) is 89.7 Å². The van der Waals surface area contributed by atoms with Crippen molar-refractivity contribution in [2.45, 2.75) is 39.3 Å². The van der Waals surface area contributed by atoms with E-state index in [1.807, 2.05) is 61.5 Å². The van der Waals surface area contributed by atoms with Crippen LogP contribution >= 0.6 is 0 Å². The molecule has 0 saturated heterocycles. The van der Waals surface area contributed by atoms with Crippen LogP contribution < -0.4 is 14.8 Å². The minimum Gasteiger partial charge on any atom is -0.496 e. The van der Waals surface area contributed by atoms with E-state index in [0.29, 0.717) is 30.4 Å². The largest absolute Gasteiger partial charge is 0.496 e. The summed E-state index contributed by atoms with van der Waals surface area (Å²) >= 11 is 0. The molecule has 0 radical (unpaired) electrons. The van der Waals surface area contributed by atoms with E-state index in [4.69, 9.17) is 14.5 Å². The Kier molecular flexibility index (Phi) is 7.16. The topological polar surface area (TPSA) is 65.4 Å². The van der Waals surface area contributed by atoms with E-state index < -0.39 is 0 Å². The summed E-state index contributed by atoms with van der Waals surface area (Å²) in [6.45, 7) is 7.37. The third-order valence-corrected chi connectivity index (χ3v) is 5.88. The molecule has 6 nitrogen and oxygen atoms in total. The molecule has 0 fully saturated rings. The lowest BCUT2D eigenvalue weighted by Crippen LogP contribution is -2.29. The van der Waals surface area contributed by atoms with Crippen molar-refractivity contribution < 1.29 is 14.3 Å². The molecular weight excluding hydrogens is 426 g/mol. The maximum atomic E-state index is 13.0. The normalized spacial score (nSPS) is 12.0. The first-order chi connectivity index (χ1) is 16.5. The smallest absolute Gasteiger partial charge is 0.255 e. The fourth-order valence-corrected chi connectivity index (χ4v) is 4.17. The van der Waals surface area contributed by atoms with Gasteiger partial charge in [-0.05, 0) is 48.7 Å². The number of hydrogen-bond acceptors (Lipinski definition) is 4. The van der Waals surface area contributed by atoms with Crippen LogP contribution in [0.5, 0.6) is 11.5 Å². The molecule has 1 N–H and O–H groups in total. The zero-order valence-corrected chi connectivity index (χ0v) is 20.1. The number of amides is 1. The molecule has 0 saturated carbocycles. The molecule has 0 aliphatic carbocycles. The molecule has 4 aromatic rings. The van der Waals surface area contributed by atoms with Crippen LogP contribution in [0.25, 0.3) is 11.0 Å². The minimum atomic E-state index is -0.312. The number of methoxy groups -OCH3 is 1. The maximum Gasteiger partial charge on any atom is 0.255 e. The average Bonchev–Trinajstić information content (AvgIpc) is 3.23. The van der Waals surface area contributed by atoms with Gasteiger partial charge in [0.2, 0.25) is 0 Å². The van der Waals surface area contributed by atoms with E-state index in [-0.39, 0.29) is 11.9 Å². The van der Waals surface area contributed by atoms with Gasteiger partial charge in [0.25, 0.3) is 5.91 Å². The van der Waals surface area contributed by atoms with E-state index in [2.05, 4.69) is 29.8 Å². The highest BCUT2D eigenvalue weighted by Gasteiger charge is 2.21. The zero-order valence-electron chi connectivity index (χ0n) is 20.1. The van der Waals surface area contributed by atoms with Gasteiger partial charge < -0.3 is 19.4 Å². The molecule has 0 spiro atoms. The summed E-state index contributed by atoms with van der Waals surface area (Å²) in [5.74, 6) is 2.40. The van der Waals surface area contributed by atoms with Crippen molar-refractivity contribution in [3.63, 3.8) is 0 Å². The zero-order chi connectivity index (χ0) is 24.1. The molecule has 1 heterocycles. The first-order valence-corrected chi connectivity index (χ1v) is 11.6. The third-order valence-electron chi connectivity index (χ3n) is 5.88. The van der Waals surface area contributed by atoms with Gasteiger partial charge in [-0.1, -0.05) is 56.3 Å². The Balaban J connectivity index is 1.56. The molecule has 1 unspecified atom stereocenters. The molecule has 1 amide bonds. The van der Waals surface area contributed by atoms with Crippen LogP contribution in [0.4, 0.5) is 0 Å². The number of para-hydroxylation sites is 4. The molecule has 34 heavy (non-hydrogen) atoms. The minimum absolute atomic E-state index is 0.203. The fourth-order valence-electron chi connectivity index (χ4n) is 4.17. The quantitative estimate of drug-likeness (QED) is 0.348. The number of fused-ring (bicyclic) bond motifs is 1. The molecule has 6 heteroatoms. The summed E-state index contributed by atoms with van der Waals surface area (Å²) in [7, 11) is 1.56. The number of nitrogens with zero attached hydrogens (tertiary/aromatic N) is 2. The van der Waals surface area contributed by atoms with Crippen LogP contribution in [0.1, 0.15) is 54.5 Å². The van der Waals surface area contributed by atoms with Crippen LogP contribution in [0.2, 0.25) is 0 Å². The van der Waals surface area contributed by atoms with Crippen LogP contribution in [-0.4, -0.2) is 29.2 Å². The summed E-state index contributed by atoms with van der Waals surface area (Å²) in [5.41, 5.74) is 3.58. The monoisotopic (exact) mass is 457 g/mol. The van der Waals surface area contributed by atoms with E-state index in [1.54, 1.807) is 19.2 Å². The number of ether oxygens (including phenoxy) is 2. The number of rotatable bonds is 9. The van der Waals surface area contributed by atoms with Crippen LogP contribution in [0.15, 0.2) is 72.8 Å². The summed E-state index contributed by atoms with van der Waals surface area (Å²) < 4.78 is 13.7. The molecule has 176 valence electrons. The first kappa shape index (κ1) is 23.4. The van der Waals surface area contributed by atoms with Gasteiger partial charge in [-0.25, -0.2) is 4.98 Å². The lowest BCUT2D eigenvalue weighted by Gasteiger charge is -2.18. The Morgan fingerprint density at radius 3 is 2.38 bits per heavy atom. The first-order valence-electron chi connectivity index (χ1n) is 11.6. The molecular formula is C28H31N3O3. The van der Waals surface area contributed by atoms with Gasteiger partial charge in [0.05, 0.1) is 36.3 Å². The predicted octanol–water partition coefficient (Wildman–Crippen LogP) is 5.74. The molecule has 0 aliphatic rings. The highest BCUT2D eigenvalue weighted by molar-refractivity contribution is 5.97. The van der Waals surface area contributed by atoms with Gasteiger partial charge in [-0.15, -0.1) is 0 Å². The second-order valence-electron chi connectivity index (χ2n) is 8.55. The van der Waals surface area contributed by atoms with Crippen LogP contribution in [0, 0.1) is 0 Å². The van der Waals surface area contributed by atoms with Crippen LogP contribution in [-0.2, 0) is 6.54 Å². The maximum absolute atomic E-state index is 13.0. The number of nitrogens with one attached hydrogen (secondary N) is 1. The van der Waals surface area contributed by atoms with Crippen molar-refractivity contribution in [2.24, 2.45) is 0 Å². The number of carbonyl (C=O) groups is 1. The Hall–Kier alpha value is -3.80. The fraction of sp³-hybridized carbons (Fsp3) is 0.286. The van der Waals surface area contributed by atoms with Gasteiger partial charge in [0.15, 0.2) is 0 Å². The predicted molar refractivity (Wildman–Crippen MR) is 135 cm³/mol. The van der Waals surface area contributed by atoms with Gasteiger partial charge in [0.1, 0.15) is 23.9 Å². The summed E-state index contributed by atoms with van der Waals surface area (Å²) in [4.78, 5) is 17.8. The molecule has 0 bridgehead atoms. The van der Waals surface area contributed by atoms with Gasteiger partial charge in [-0.2, -0.15) is 0 Å². The van der Waals surface area contributed by atoms with E-state index in [1.165, 1.54) is 5.56 Å². The number of carbonyl (C=O) groups excluding carboxylic acids is 1. The molecule has 4 rings (SSSR count). The standard InChI is InChI=1S/C28H31N3O3/c1-19(2)21-11-5-10-16-26(21)34-18-17-31-24-14-8-7-13-23(24)30-27(31)20(3)29-28(32)22-12-6-9-15-25(22)33-4/h5-16,19-20H,17-18H2,1-4H3,(H,29,32). The number of hydrogen-bond donors (Lipinski definition) is 1. The van der Waals surface area contributed by atoms with Crippen molar-refractivity contribution in [1.82, 2.24) is 14.9 Å². The van der Waals surface area contributed by atoms with Gasteiger partial charge >= 0.3 is 0 Å². The van der Waals surface area contributed by atoms with Crippen molar-refractivity contribution in [1.29, 1.82) is 0 Å². The van der Waals surface area contributed by atoms with Crippen molar-refractivity contribution in [2.75, 3.05) is 13.7 Å². The van der Waals surface area contributed by atoms with E-state index >= 15 is 0 Å². The summed E-state index contributed by atoms with van der Waals surface area (Å²) in [6, 6.07) is 23.0. The van der Waals surface area contributed by atoms with Gasteiger partial charge in [0, 0.05) is 0 Å². The highest BCUT2D eigenvalue weighted by Crippen LogP contribution is 2.27. The highest BCUT2D eigenvalue weighted by atomic mass is 16.5. The Morgan fingerprint density at radius 1 is 0.941 bits per heavy atom. The lowest BCUT2D eigenvalue weighted by molar-refractivity contribution is 0.0934. The van der Waals surface area contributed by atoms with Crippen molar-refractivity contribution >= 4 is 16.9 Å². The second kappa shape index (κ2) is 10.4. The summed E-state index contributed by atoms with van der Waals surface area (Å²) in [5, 5.41) is 3.08. The Morgan fingerprint density at radius 2 is 1.62 bits per heavy atom. The molecule has 0 aliphatic heterocycles. The Bertz CT molecular complexity index is 1280. The SMILES string of the molecule is COc1ccccc1C(=O)NC(C)c1nc2ccccc2n1CCOc1ccccc1C(C)C. The van der Waals surface area contributed by atoms with E-state index in [9.17, 15) is 4.79 Å². The third kappa shape index (κ3) is 4.91. The summed E-state index contributed by atoms with van der Waals surface area (Å²) in [6.07, 6.45) is 0. The van der Waals surface area contributed by atoms with Crippen molar-refractivity contribution in [3.8, 4) is 11.5 Å². The van der Waals surface area contributed by atoms with E-state index in [0.717, 1.165) is 22.6 Å². The average molecular weight is 458 g/mol. The second-order valence-corrected chi connectivity index (χ2v) is 8.55.